The van der Waals surface area contributed by atoms with Crippen molar-refractivity contribution in [2.75, 3.05) is 0 Å². The topological polar surface area (TPSA) is 104 Å². The van der Waals surface area contributed by atoms with Crippen molar-refractivity contribution >= 4 is 23.1 Å². The Kier molecular flexibility index (Phi) is 3.65. The van der Waals surface area contributed by atoms with E-state index in [0.29, 0.717) is 11.4 Å². The molecule has 0 spiro atoms. The number of non-ortho nitro benzene ring substituents is 1. The highest BCUT2D eigenvalue weighted by Crippen LogP contribution is 2.19. The summed E-state index contributed by atoms with van der Waals surface area (Å²) in [5.41, 5.74) is 0.781. The molecule has 1 aromatic heterocycles. The number of hydrogen-bond acceptors (Lipinski definition) is 6. The Morgan fingerprint density at radius 3 is 2.75 bits per heavy atom. The van der Waals surface area contributed by atoms with Gasteiger partial charge < -0.3 is 0 Å². The number of rotatable bonds is 4. The number of nitro benzene ring substituents is 1. The number of allylic oxidation sites excluding steroid dienone is 1. The van der Waals surface area contributed by atoms with Gasteiger partial charge in [-0.25, -0.2) is 4.68 Å². The Labute approximate surface area is 113 Å². The van der Waals surface area contributed by atoms with E-state index in [2.05, 4.69) is 15.5 Å². The van der Waals surface area contributed by atoms with E-state index in [-0.39, 0.29) is 17.0 Å². The Morgan fingerprint density at radius 2 is 2.20 bits per heavy atom. The van der Waals surface area contributed by atoms with Gasteiger partial charge in [-0.1, -0.05) is 12.1 Å². The van der Waals surface area contributed by atoms with Crippen LogP contribution in [0, 0.1) is 10.1 Å². The van der Waals surface area contributed by atoms with Gasteiger partial charge in [-0.3, -0.25) is 14.9 Å². The first kappa shape index (κ1) is 13.5. The van der Waals surface area contributed by atoms with Gasteiger partial charge in [0.25, 0.3) is 5.69 Å². The van der Waals surface area contributed by atoms with Crippen molar-refractivity contribution in [1.82, 2.24) is 20.2 Å². The third kappa shape index (κ3) is 2.74. The maximum Gasteiger partial charge on any atom is 0.270 e. The lowest BCUT2D eigenvalue weighted by atomic mass is 10.1. The van der Waals surface area contributed by atoms with Crippen LogP contribution in [-0.2, 0) is 11.8 Å². The molecule has 8 nitrogen and oxygen atoms in total. The second-order valence-corrected chi connectivity index (χ2v) is 4.09. The molecule has 0 fully saturated rings. The highest BCUT2D eigenvalue weighted by atomic mass is 16.6. The third-order valence-electron chi connectivity index (χ3n) is 2.63. The fourth-order valence-electron chi connectivity index (χ4n) is 1.68. The van der Waals surface area contributed by atoms with Gasteiger partial charge in [0.15, 0.2) is 11.6 Å². The van der Waals surface area contributed by atoms with E-state index in [1.165, 1.54) is 29.8 Å². The summed E-state index contributed by atoms with van der Waals surface area (Å²) in [6.07, 6.45) is 1.53. The van der Waals surface area contributed by atoms with Crippen LogP contribution >= 0.6 is 0 Å². The molecule has 8 heteroatoms. The standard InChI is InChI=1S/C12H11N5O3/c1-8(18)11(12-13-14-15-16(12)2)7-9-4-3-5-10(6-9)17(19)20/h3-7H,1-2H3/b11-7+. The molecule has 1 aromatic carbocycles. The van der Waals surface area contributed by atoms with Crippen LogP contribution in [0.4, 0.5) is 5.69 Å². The average Bonchev–Trinajstić information content (AvgIpc) is 2.82. The van der Waals surface area contributed by atoms with Crippen LogP contribution in [0.25, 0.3) is 11.6 Å². The minimum absolute atomic E-state index is 0.0438. The fourth-order valence-corrected chi connectivity index (χ4v) is 1.68. The van der Waals surface area contributed by atoms with Crippen molar-refractivity contribution in [2.45, 2.75) is 6.92 Å². The van der Waals surface area contributed by atoms with E-state index in [4.69, 9.17) is 0 Å². The molecule has 102 valence electrons. The normalized spacial score (nSPS) is 11.4. The van der Waals surface area contributed by atoms with Crippen molar-refractivity contribution in [1.29, 1.82) is 0 Å². The first-order chi connectivity index (χ1) is 9.49. The van der Waals surface area contributed by atoms with Gasteiger partial charge in [0, 0.05) is 19.2 Å². The number of hydrogen-bond donors (Lipinski definition) is 0. The predicted molar refractivity (Wildman–Crippen MR) is 70.4 cm³/mol. The summed E-state index contributed by atoms with van der Waals surface area (Å²) < 4.78 is 1.37. The van der Waals surface area contributed by atoms with E-state index in [9.17, 15) is 14.9 Å². The average molecular weight is 273 g/mol. The molecule has 1 heterocycles. The molecule has 0 saturated heterocycles. The zero-order chi connectivity index (χ0) is 14.7. The molecule has 2 aromatic rings. The molecule has 0 saturated carbocycles. The molecule has 0 radical (unpaired) electrons. The number of tetrazole rings is 1. The van der Waals surface area contributed by atoms with E-state index in [1.807, 2.05) is 0 Å². The van der Waals surface area contributed by atoms with Gasteiger partial charge in [-0.15, -0.1) is 5.10 Å². The molecular weight excluding hydrogens is 262 g/mol. The molecule has 0 aliphatic heterocycles. The number of nitro groups is 1. The van der Waals surface area contributed by atoms with Crippen LogP contribution in [0.3, 0.4) is 0 Å². The second-order valence-electron chi connectivity index (χ2n) is 4.09. The Hall–Kier alpha value is -2.90. The van der Waals surface area contributed by atoms with Gasteiger partial charge in [0.2, 0.25) is 0 Å². The highest BCUT2D eigenvalue weighted by molar-refractivity contribution is 6.23. The number of Topliss-reactive ketones (excluding diaryl/α,β-unsaturated/α-hetero) is 1. The lowest BCUT2D eigenvalue weighted by Crippen LogP contribution is -2.04. The fraction of sp³-hybridized carbons (Fsp3) is 0.167. The molecular formula is C12H11N5O3. The van der Waals surface area contributed by atoms with Crippen LogP contribution in [0.1, 0.15) is 18.3 Å². The maximum atomic E-state index is 11.7. The number of carbonyl (C=O) groups excluding carboxylic acids is 1. The maximum absolute atomic E-state index is 11.7. The SMILES string of the molecule is CC(=O)/C(=C\c1cccc([N+](=O)[O-])c1)c1nnnn1C. The van der Waals surface area contributed by atoms with Crippen LogP contribution in [0.2, 0.25) is 0 Å². The molecule has 20 heavy (non-hydrogen) atoms. The van der Waals surface area contributed by atoms with Crippen molar-refractivity contribution < 1.29 is 9.72 Å². The lowest BCUT2D eigenvalue weighted by Gasteiger charge is -2.02. The van der Waals surface area contributed by atoms with E-state index in [0.717, 1.165) is 0 Å². The molecule has 0 N–H and O–H groups in total. The summed E-state index contributed by atoms with van der Waals surface area (Å²) >= 11 is 0. The molecule has 0 aliphatic rings. The zero-order valence-corrected chi connectivity index (χ0v) is 10.8. The second kappa shape index (κ2) is 5.39. The van der Waals surface area contributed by atoms with Crippen LogP contribution < -0.4 is 0 Å². The Morgan fingerprint density at radius 1 is 1.45 bits per heavy atom. The smallest absolute Gasteiger partial charge is 0.270 e. The van der Waals surface area contributed by atoms with Gasteiger partial charge in [-0.2, -0.15) is 0 Å². The highest BCUT2D eigenvalue weighted by Gasteiger charge is 2.14. The zero-order valence-electron chi connectivity index (χ0n) is 10.8. The Balaban J connectivity index is 2.50. The largest absolute Gasteiger partial charge is 0.294 e. The minimum Gasteiger partial charge on any atom is -0.294 e. The summed E-state index contributed by atoms with van der Waals surface area (Å²) in [6.45, 7) is 1.39. The quantitative estimate of drug-likeness (QED) is 0.471. The number of aromatic nitrogens is 4. The molecule has 0 unspecified atom stereocenters. The number of ketones is 1. The van der Waals surface area contributed by atoms with Gasteiger partial charge in [0.05, 0.1) is 10.5 Å². The van der Waals surface area contributed by atoms with E-state index < -0.39 is 4.92 Å². The molecule has 0 amide bonds. The monoisotopic (exact) mass is 273 g/mol. The summed E-state index contributed by atoms with van der Waals surface area (Å²) in [4.78, 5) is 22.0. The Bertz CT molecular complexity index is 705. The van der Waals surface area contributed by atoms with Crippen molar-refractivity contribution in [3.8, 4) is 0 Å². The van der Waals surface area contributed by atoms with Crippen molar-refractivity contribution in [3.05, 3.63) is 45.8 Å². The van der Waals surface area contributed by atoms with E-state index in [1.54, 1.807) is 19.2 Å². The first-order valence-corrected chi connectivity index (χ1v) is 5.69. The lowest BCUT2D eigenvalue weighted by molar-refractivity contribution is -0.384. The van der Waals surface area contributed by atoms with Gasteiger partial charge in [-0.05, 0) is 29.0 Å². The number of benzene rings is 1. The van der Waals surface area contributed by atoms with Crippen LogP contribution in [-0.4, -0.2) is 30.9 Å². The molecule has 0 bridgehead atoms. The van der Waals surface area contributed by atoms with Crippen LogP contribution in [0.5, 0.6) is 0 Å². The number of carbonyl (C=O) groups is 1. The summed E-state index contributed by atoms with van der Waals surface area (Å²) in [5.74, 6) is 0.0819. The summed E-state index contributed by atoms with van der Waals surface area (Å²) in [7, 11) is 1.61. The molecule has 2 rings (SSSR count). The number of nitrogens with zero attached hydrogens (tertiary/aromatic N) is 5. The van der Waals surface area contributed by atoms with Crippen molar-refractivity contribution in [2.24, 2.45) is 7.05 Å². The minimum atomic E-state index is -0.491. The summed E-state index contributed by atoms with van der Waals surface area (Å²) in [6, 6.07) is 5.98. The first-order valence-electron chi connectivity index (χ1n) is 5.69. The van der Waals surface area contributed by atoms with E-state index >= 15 is 0 Å². The van der Waals surface area contributed by atoms with Gasteiger partial charge >= 0.3 is 0 Å². The summed E-state index contributed by atoms with van der Waals surface area (Å²) in [5, 5.41) is 21.6. The van der Waals surface area contributed by atoms with Gasteiger partial charge in [0.1, 0.15) is 0 Å². The third-order valence-corrected chi connectivity index (χ3v) is 2.63. The molecule has 0 atom stereocenters. The molecule has 0 aliphatic carbocycles. The number of aryl methyl sites for hydroxylation is 1. The predicted octanol–water partition coefficient (Wildman–Crippen LogP) is 1.25. The van der Waals surface area contributed by atoms with Crippen molar-refractivity contribution in [3.63, 3.8) is 0 Å². The van der Waals surface area contributed by atoms with Crippen LogP contribution in [0.15, 0.2) is 24.3 Å².